The Balaban J connectivity index is 2.63. The molecule has 0 atom stereocenters. The summed E-state index contributed by atoms with van der Waals surface area (Å²) in [4.78, 5) is 12.2. The van der Waals surface area contributed by atoms with Gasteiger partial charge >= 0.3 is 0 Å². The van der Waals surface area contributed by atoms with E-state index in [1.165, 1.54) is 0 Å². The fraction of sp³-hybridized carbons (Fsp3) is 0.562. The number of alkyl halides is 1. The molecule has 3 heteroatoms. The van der Waals surface area contributed by atoms with Gasteiger partial charge in [0.05, 0.1) is 0 Å². The first-order valence-corrected chi connectivity index (χ1v) is 7.90. The lowest BCUT2D eigenvalue weighted by Crippen LogP contribution is -2.34. The number of halogens is 1. The number of hydrogen-bond donors (Lipinski definition) is 1. The zero-order valence-corrected chi connectivity index (χ0v) is 13.9. The maximum absolute atomic E-state index is 12.2. The molecule has 0 saturated heterocycles. The summed E-state index contributed by atoms with van der Waals surface area (Å²) in [7, 11) is 0. The van der Waals surface area contributed by atoms with Gasteiger partial charge in [0.2, 0.25) is 0 Å². The van der Waals surface area contributed by atoms with Crippen LogP contribution in [-0.2, 0) is 0 Å². The number of amides is 1. The second kappa shape index (κ2) is 7.09. The molecule has 0 heterocycles. The van der Waals surface area contributed by atoms with E-state index in [-0.39, 0.29) is 11.3 Å². The zero-order valence-electron chi connectivity index (χ0n) is 12.3. The Kier molecular flexibility index (Phi) is 6.05. The van der Waals surface area contributed by atoms with Crippen LogP contribution in [0.25, 0.3) is 0 Å². The minimum atomic E-state index is 0.0353. The highest BCUT2D eigenvalue weighted by molar-refractivity contribution is 9.09. The molecule has 1 rings (SSSR count). The topological polar surface area (TPSA) is 29.1 Å². The Morgan fingerprint density at radius 1 is 1.32 bits per heavy atom. The molecule has 0 aliphatic heterocycles. The molecule has 0 unspecified atom stereocenters. The summed E-state index contributed by atoms with van der Waals surface area (Å²) in [5.74, 6) is 0.0353. The number of hydrogen-bond acceptors (Lipinski definition) is 1. The molecule has 19 heavy (non-hydrogen) atoms. The van der Waals surface area contributed by atoms with Crippen molar-refractivity contribution in [1.29, 1.82) is 0 Å². The number of benzene rings is 1. The molecule has 1 N–H and O–H groups in total. The second-order valence-corrected chi connectivity index (χ2v) is 6.68. The van der Waals surface area contributed by atoms with Crippen molar-refractivity contribution >= 4 is 21.8 Å². The fourth-order valence-corrected chi connectivity index (χ4v) is 2.33. The van der Waals surface area contributed by atoms with Gasteiger partial charge in [-0.25, -0.2) is 0 Å². The van der Waals surface area contributed by atoms with E-state index in [0.29, 0.717) is 6.54 Å². The molecular formula is C16H24BrNO. The molecule has 0 saturated carbocycles. The minimum absolute atomic E-state index is 0.0353. The highest BCUT2D eigenvalue weighted by Crippen LogP contribution is 2.22. The normalized spacial score (nSPS) is 11.4. The maximum Gasteiger partial charge on any atom is 0.251 e. The largest absolute Gasteiger partial charge is 0.351 e. The van der Waals surface area contributed by atoms with Gasteiger partial charge in [0.15, 0.2) is 0 Å². The molecule has 0 aliphatic carbocycles. The molecule has 2 nitrogen and oxygen atoms in total. The van der Waals surface area contributed by atoms with Crippen LogP contribution in [0, 0.1) is 19.3 Å². The van der Waals surface area contributed by atoms with Crippen LogP contribution in [-0.4, -0.2) is 17.8 Å². The average Bonchev–Trinajstić information content (AvgIpc) is 2.37. The van der Waals surface area contributed by atoms with Crippen LogP contribution in [0.2, 0.25) is 0 Å². The summed E-state index contributed by atoms with van der Waals surface area (Å²) < 4.78 is 0. The van der Waals surface area contributed by atoms with Crippen molar-refractivity contribution in [3.63, 3.8) is 0 Å². The molecule has 1 aromatic carbocycles. The summed E-state index contributed by atoms with van der Waals surface area (Å²) in [5, 5.41) is 4.08. The van der Waals surface area contributed by atoms with Gasteiger partial charge in [0, 0.05) is 17.4 Å². The molecule has 106 valence electrons. The van der Waals surface area contributed by atoms with Crippen molar-refractivity contribution in [2.45, 2.75) is 40.5 Å². The van der Waals surface area contributed by atoms with Crippen molar-refractivity contribution in [3.8, 4) is 0 Å². The quantitative estimate of drug-likeness (QED) is 0.779. The molecule has 0 spiro atoms. The van der Waals surface area contributed by atoms with E-state index >= 15 is 0 Å². The SMILES string of the molecule is Cc1cccc(C(=O)NCC(C)(C)CCCBr)c1C. The van der Waals surface area contributed by atoms with Gasteiger partial charge in [-0.05, 0) is 49.3 Å². The fourth-order valence-electron chi connectivity index (χ4n) is 2.05. The monoisotopic (exact) mass is 325 g/mol. The van der Waals surface area contributed by atoms with E-state index in [4.69, 9.17) is 0 Å². The second-order valence-electron chi connectivity index (χ2n) is 5.89. The summed E-state index contributed by atoms with van der Waals surface area (Å²) in [6.45, 7) is 9.14. The minimum Gasteiger partial charge on any atom is -0.351 e. The van der Waals surface area contributed by atoms with E-state index in [1.807, 2.05) is 32.0 Å². The van der Waals surface area contributed by atoms with Gasteiger partial charge in [-0.1, -0.05) is 41.9 Å². The first kappa shape index (κ1) is 16.2. The van der Waals surface area contributed by atoms with Gasteiger partial charge in [-0.2, -0.15) is 0 Å². The Hall–Kier alpha value is -0.830. The number of carbonyl (C=O) groups excluding carboxylic acids is 1. The Morgan fingerprint density at radius 3 is 2.63 bits per heavy atom. The first-order chi connectivity index (χ1) is 8.87. The van der Waals surface area contributed by atoms with Crippen molar-refractivity contribution in [3.05, 3.63) is 34.9 Å². The summed E-state index contributed by atoms with van der Waals surface area (Å²) in [6.07, 6.45) is 2.23. The molecular weight excluding hydrogens is 302 g/mol. The lowest BCUT2D eigenvalue weighted by Gasteiger charge is -2.25. The molecule has 0 fully saturated rings. The third-order valence-electron chi connectivity index (χ3n) is 3.56. The van der Waals surface area contributed by atoms with Gasteiger partial charge in [0.1, 0.15) is 0 Å². The third kappa shape index (κ3) is 4.98. The Bertz CT molecular complexity index is 440. The van der Waals surface area contributed by atoms with Gasteiger partial charge in [0.25, 0.3) is 5.91 Å². The van der Waals surface area contributed by atoms with E-state index in [1.54, 1.807) is 0 Å². The van der Waals surface area contributed by atoms with Crippen LogP contribution in [0.15, 0.2) is 18.2 Å². The lowest BCUT2D eigenvalue weighted by atomic mass is 9.88. The predicted molar refractivity (Wildman–Crippen MR) is 85.1 cm³/mol. The molecule has 0 aromatic heterocycles. The molecule has 0 bridgehead atoms. The smallest absolute Gasteiger partial charge is 0.251 e. The van der Waals surface area contributed by atoms with E-state index < -0.39 is 0 Å². The van der Waals surface area contributed by atoms with Crippen LogP contribution in [0.3, 0.4) is 0 Å². The van der Waals surface area contributed by atoms with Crippen molar-refractivity contribution < 1.29 is 4.79 Å². The standard InChI is InChI=1S/C16H24BrNO/c1-12-7-5-8-14(13(12)2)15(19)18-11-16(3,4)9-6-10-17/h5,7-8H,6,9-11H2,1-4H3,(H,18,19). The van der Waals surface area contributed by atoms with Gasteiger partial charge in [-0.15, -0.1) is 0 Å². The molecule has 0 radical (unpaired) electrons. The van der Waals surface area contributed by atoms with E-state index in [9.17, 15) is 4.79 Å². The van der Waals surface area contributed by atoms with Crippen molar-refractivity contribution in [1.82, 2.24) is 5.32 Å². The maximum atomic E-state index is 12.2. The van der Waals surface area contributed by atoms with Gasteiger partial charge < -0.3 is 5.32 Å². The summed E-state index contributed by atoms with van der Waals surface area (Å²) >= 11 is 3.45. The average molecular weight is 326 g/mol. The number of aryl methyl sites for hydroxylation is 1. The summed E-state index contributed by atoms with van der Waals surface area (Å²) in [5.41, 5.74) is 3.15. The van der Waals surface area contributed by atoms with E-state index in [2.05, 4.69) is 35.1 Å². The van der Waals surface area contributed by atoms with Crippen LogP contribution < -0.4 is 5.32 Å². The Morgan fingerprint density at radius 2 is 2.00 bits per heavy atom. The van der Waals surface area contributed by atoms with Crippen molar-refractivity contribution in [2.75, 3.05) is 11.9 Å². The molecule has 1 amide bonds. The first-order valence-electron chi connectivity index (χ1n) is 6.78. The highest BCUT2D eigenvalue weighted by Gasteiger charge is 2.19. The third-order valence-corrected chi connectivity index (χ3v) is 4.12. The zero-order chi connectivity index (χ0) is 14.5. The number of nitrogens with one attached hydrogen (secondary N) is 1. The predicted octanol–water partition coefficient (Wildman–Crippen LogP) is 4.23. The summed E-state index contributed by atoms with van der Waals surface area (Å²) in [6, 6.07) is 5.86. The van der Waals surface area contributed by atoms with Crippen LogP contribution in [0.5, 0.6) is 0 Å². The lowest BCUT2D eigenvalue weighted by molar-refractivity contribution is 0.0934. The van der Waals surface area contributed by atoms with Crippen LogP contribution >= 0.6 is 15.9 Å². The van der Waals surface area contributed by atoms with Crippen LogP contribution in [0.1, 0.15) is 48.2 Å². The molecule has 1 aromatic rings. The van der Waals surface area contributed by atoms with E-state index in [0.717, 1.165) is 34.9 Å². The number of rotatable bonds is 6. The van der Waals surface area contributed by atoms with Crippen molar-refractivity contribution in [2.24, 2.45) is 5.41 Å². The van der Waals surface area contributed by atoms with Gasteiger partial charge in [-0.3, -0.25) is 4.79 Å². The highest BCUT2D eigenvalue weighted by atomic mass is 79.9. The Labute approximate surface area is 125 Å². The molecule has 0 aliphatic rings. The van der Waals surface area contributed by atoms with Crippen LogP contribution in [0.4, 0.5) is 0 Å². The number of carbonyl (C=O) groups is 1.